The highest BCUT2D eigenvalue weighted by molar-refractivity contribution is 6.20. The number of carbonyl (C=O) groups excluding carboxylic acids is 11. The van der Waals surface area contributed by atoms with Crippen molar-refractivity contribution in [2.45, 2.75) is 314 Å². The largest absolute Gasteiger partial charge is 0.508 e. The van der Waals surface area contributed by atoms with Crippen LogP contribution in [0.5, 0.6) is 5.75 Å². The molecule has 47 nitrogen and oxygen atoms in total. The Kier molecular flexibility index (Phi) is 44.9. The molecule has 0 saturated carbocycles. The van der Waals surface area contributed by atoms with Gasteiger partial charge in [-0.1, -0.05) is 76.5 Å². The number of halogens is 1. The van der Waals surface area contributed by atoms with Gasteiger partial charge in [0, 0.05) is 25.3 Å². The molecule has 3 fully saturated rings. The number of carbonyl (C=O) groups is 13. The number of unbranched alkanes of at least 4 members (excludes halogenated alkanes) is 6. The third-order valence-corrected chi connectivity index (χ3v) is 20.8. The average molecular weight is 1790 g/mol. The smallest absolute Gasteiger partial charge is 0.335 e. The van der Waals surface area contributed by atoms with Gasteiger partial charge in [-0.3, -0.25) is 52.7 Å². The van der Waals surface area contributed by atoms with Crippen molar-refractivity contribution in [3.05, 3.63) is 41.6 Å². The Morgan fingerprint density at radius 1 is 0.569 bits per heavy atom. The number of carboxylic acid groups (broad SMARTS) is 2. The van der Waals surface area contributed by atoms with Crippen molar-refractivity contribution >= 4 is 88.5 Å². The highest BCUT2D eigenvalue weighted by Crippen LogP contribution is 2.31. The molecule has 3 aliphatic heterocycles. The van der Waals surface area contributed by atoms with Crippen LogP contribution < -0.4 is 54.0 Å². The van der Waals surface area contributed by atoms with Gasteiger partial charge in [0.2, 0.25) is 53.2 Å². The highest BCUT2D eigenvalue weighted by atomic mass is 35.5. The molecule has 1 aromatic carbocycles. The minimum Gasteiger partial charge on any atom is -0.508 e. The lowest BCUT2D eigenvalue weighted by atomic mass is 9.98. The van der Waals surface area contributed by atoms with Crippen molar-refractivity contribution in [2.24, 2.45) is 11.5 Å². The molecule has 4 rings (SSSR count). The van der Waals surface area contributed by atoms with Crippen LogP contribution in [0.1, 0.15) is 150 Å². The zero-order valence-electron chi connectivity index (χ0n) is 68.7. The molecule has 29 atom stereocenters. The Hall–Kier alpha value is -8.64. The first-order valence-electron chi connectivity index (χ1n) is 39.9. The molecule has 3 aliphatic rings. The lowest BCUT2D eigenvalue weighted by Crippen LogP contribution is -2.64. The second-order valence-electron chi connectivity index (χ2n) is 30.2. The standard InChI is InChI=1S/C75H120ClN11O36/c1-8-17-36(76)18-15-13-11-10-12-14-16-19-42(120-73-60(105)61(41(93)30-118-73)122-75-59(104)56(101)57(102)62(123-75)72(116)117)54(99)70(113)85-49(33(5)91)66(109)83-47(31(3)89)65(108)84-48(32(4)90)67(110)86-50(52(97)35-20-22-37(92)23-21-35)68(111)80-38(9-2)64(107)81-39(24-26-44(77)94)63(106)79-28-46(96)87(7)51(69(112)82-40(71(114)115)25-27-45(78)95)34(6)119-74-58(103)55(100)53(98)43(29-88)121-74/h9,20-23,31-34,36,39-43,47-62,73-75,88-93,97-105H,8,10-19,24-30H2,1-7H3,(H2,77,94)(H2,78,95)(H,79,106)(H,80,111)(H,81,107)(H,82,112)(H,83,109)(H,84,108)(H,85,113)(H,86,110)(H,114,115)(H,116,117)/b38-9-/t31?,32?,33?,34?,36?,39-,40+,41+,42?,43-,47?,48?,49?,50?,51?,52?,53-,54?,55+,56+,57-,58+,59-,60-,61+,62+,73-,74-,75-/m0/s1. The quantitative estimate of drug-likeness (QED) is 0.0164. The third-order valence-electron chi connectivity index (χ3n) is 20.4. The fourth-order valence-electron chi connectivity index (χ4n) is 13.2. The normalized spacial score (nSPS) is 26.0. The van der Waals surface area contributed by atoms with Crippen LogP contribution in [0, 0.1) is 0 Å². The molecule has 29 N–H and O–H groups in total. The lowest BCUT2D eigenvalue weighted by molar-refractivity contribution is -0.349. The van der Waals surface area contributed by atoms with Gasteiger partial charge in [-0.05, 0) is 84.4 Å². The van der Waals surface area contributed by atoms with Crippen molar-refractivity contribution in [3.63, 3.8) is 0 Å². The summed E-state index contributed by atoms with van der Waals surface area (Å²) in [6, 6.07) is -10.3. The molecule has 0 radical (unpaired) electrons. The Bertz CT molecular complexity index is 3670. The van der Waals surface area contributed by atoms with Crippen LogP contribution in [-0.2, 0) is 90.8 Å². The average Bonchev–Trinajstić information content (AvgIpc) is 0.800. The first-order valence-corrected chi connectivity index (χ1v) is 40.3. The number of carboxylic acids is 2. The van der Waals surface area contributed by atoms with Crippen LogP contribution in [0.3, 0.4) is 0 Å². The fourth-order valence-corrected chi connectivity index (χ4v) is 13.6. The maximum Gasteiger partial charge on any atom is 0.335 e. The SMILES string of the molecule is C/C=C(\NC(=O)C(NC(=O)C(NC(=O)C(NC(=O)C(NC(=O)C(O)C(CCCCCCCCCC(Cl)CCC)O[C@@H]1OC[C@@H](O)[C@@H](O[C@H]2O[C@@H](C(=O)O)[C@@H](O)[C@@H](O)[C@@H]2O)[C@@H]1O)C(C)O)C(C)O)C(C)O)C(O)c1ccc(O)cc1)C(=O)N[C@@H](CCC(N)=O)C(=O)NCC(=O)N(C)C(C(=O)N[C@H](CCC(N)=O)C(=O)O)C(C)O[C@H]1O[C@@H](CO)[C@H](O)[C@@H](O)[C@H]1O. The van der Waals surface area contributed by atoms with Gasteiger partial charge >= 0.3 is 11.9 Å². The molecule has 0 aliphatic carbocycles. The molecule has 123 heavy (non-hydrogen) atoms. The molecule has 13 unspecified atom stereocenters. The van der Waals surface area contributed by atoms with Crippen LogP contribution in [-0.4, -0.2) is 366 Å². The number of ether oxygens (including phenoxy) is 6. The number of likely N-dealkylation sites (N-methyl/N-ethyl adjacent to an activating group) is 1. The molecular formula is C75H120ClN11O36. The number of aliphatic carboxylic acids is 2. The van der Waals surface area contributed by atoms with Crippen molar-refractivity contribution in [3.8, 4) is 5.75 Å². The number of aliphatic hydroxyl groups is 14. The Balaban J connectivity index is 1.57. The van der Waals surface area contributed by atoms with Crippen LogP contribution >= 0.6 is 11.6 Å². The summed E-state index contributed by atoms with van der Waals surface area (Å²) in [6.07, 6.45) is -36.0. The number of amides is 11. The van der Waals surface area contributed by atoms with Gasteiger partial charge < -0.3 is 174 Å². The van der Waals surface area contributed by atoms with Crippen molar-refractivity contribution in [1.82, 2.24) is 47.4 Å². The van der Waals surface area contributed by atoms with E-state index in [-0.39, 0.29) is 29.5 Å². The van der Waals surface area contributed by atoms with Gasteiger partial charge in [0.1, 0.15) is 121 Å². The van der Waals surface area contributed by atoms with Gasteiger partial charge in [0.05, 0.1) is 50.3 Å². The van der Waals surface area contributed by atoms with Crippen LogP contribution in [0.4, 0.5) is 0 Å². The summed E-state index contributed by atoms with van der Waals surface area (Å²) in [7, 11) is 0.958. The summed E-state index contributed by atoms with van der Waals surface area (Å²) in [5.41, 5.74) is 9.56. The number of aromatic hydroxyl groups is 1. The van der Waals surface area contributed by atoms with E-state index in [1.54, 1.807) is 0 Å². The predicted molar refractivity (Wildman–Crippen MR) is 418 cm³/mol. The summed E-state index contributed by atoms with van der Waals surface area (Å²) in [5, 5.41) is 198. The summed E-state index contributed by atoms with van der Waals surface area (Å²) >= 11 is 6.37. The molecule has 0 spiro atoms. The van der Waals surface area contributed by atoms with E-state index < -0.39 is 299 Å². The topological polar surface area (TPSA) is 773 Å². The maximum absolute atomic E-state index is 14.5. The first-order chi connectivity index (χ1) is 57.7. The van der Waals surface area contributed by atoms with E-state index in [2.05, 4.69) is 42.5 Å². The number of phenolic OH excluding ortho intramolecular Hbond substituents is 1. The Morgan fingerprint density at radius 2 is 1.07 bits per heavy atom. The van der Waals surface area contributed by atoms with Crippen molar-refractivity contribution in [2.75, 3.05) is 26.8 Å². The Labute approximate surface area is 710 Å². The summed E-state index contributed by atoms with van der Waals surface area (Å²) < 4.78 is 33.3. The number of nitrogens with zero attached hydrogens (tertiary/aromatic N) is 1. The number of allylic oxidation sites excluding steroid dienone is 1. The third kappa shape index (κ3) is 32.4. The molecule has 3 saturated heterocycles. The van der Waals surface area contributed by atoms with Gasteiger partial charge in [-0.2, -0.15) is 0 Å². The summed E-state index contributed by atoms with van der Waals surface area (Å²) in [4.78, 5) is 176. The van der Waals surface area contributed by atoms with E-state index in [0.717, 1.165) is 117 Å². The van der Waals surface area contributed by atoms with E-state index >= 15 is 0 Å². The number of nitrogens with one attached hydrogen (secondary N) is 8. The number of rotatable bonds is 52. The van der Waals surface area contributed by atoms with Crippen molar-refractivity contribution < 1.29 is 178 Å². The second-order valence-corrected chi connectivity index (χ2v) is 30.8. The molecule has 698 valence electrons. The van der Waals surface area contributed by atoms with Crippen LogP contribution in [0.25, 0.3) is 0 Å². The molecule has 0 bridgehead atoms. The zero-order valence-corrected chi connectivity index (χ0v) is 69.5. The molecule has 11 amide bonds. The lowest BCUT2D eigenvalue weighted by Gasteiger charge is -2.44. The highest BCUT2D eigenvalue weighted by Gasteiger charge is 2.53. The fraction of sp³-hybridized carbons (Fsp3) is 0.720. The number of primary amides is 2. The molecule has 3 heterocycles. The number of aliphatic hydroxyl groups excluding tert-OH is 14. The van der Waals surface area contributed by atoms with Crippen LogP contribution in [0.2, 0.25) is 0 Å². The van der Waals surface area contributed by atoms with Gasteiger partial charge in [-0.25, -0.2) is 9.59 Å². The summed E-state index contributed by atoms with van der Waals surface area (Å²) in [5.74, 6) is -18.4. The van der Waals surface area contributed by atoms with E-state index in [4.69, 9.17) is 51.5 Å². The van der Waals surface area contributed by atoms with Gasteiger partial charge in [0.25, 0.3) is 11.8 Å². The summed E-state index contributed by atoms with van der Waals surface area (Å²) in [6.45, 7) is 4.42. The maximum atomic E-state index is 14.5. The van der Waals surface area contributed by atoms with Gasteiger partial charge in [-0.15, -0.1) is 11.6 Å². The Morgan fingerprint density at radius 3 is 1.58 bits per heavy atom. The monoisotopic (exact) mass is 1790 g/mol. The van der Waals surface area contributed by atoms with Gasteiger partial charge in [0.15, 0.2) is 31.1 Å². The van der Waals surface area contributed by atoms with E-state index in [0.29, 0.717) is 17.7 Å². The molecule has 48 heteroatoms. The van der Waals surface area contributed by atoms with E-state index in [9.17, 15) is 149 Å². The second kappa shape index (κ2) is 51.7. The van der Waals surface area contributed by atoms with Crippen molar-refractivity contribution in [1.29, 1.82) is 0 Å². The molecular weight excluding hydrogens is 1670 g/mol. The van der Waals surface area contributed by atoms with Crippen LogP contribution in [0.15, 0.2) is 36.0 Å². The minimum atomic E-state index is -2.35. The van der Waals surface area contributed by atoms with E-state index in [1.807, 2.05) is 6.92 Å². The first kappa shape index (κ1) is 107. The van der Waals surface area contributed by atoms with E-state index in [1.165, 1.54) is 0 Å². The number of hydrogen-bond acceptors (Lipinski definition) is 34. The number of alkyl halides is 1. The number of phenols is 1. The predicted octanol–water partition coefficient (Wildman–Crippen LogP) is -9.72. The zero-order chi connectivity index (χ0) is 92.7. The number of benzene rings is 1. The minimum absolute atomic E-state index is 0.0553. The molecule has 0 aromatic heterocycles. The number of hydrogen-bond donors (Lipinski definition) is 27. The number of nitrogens with two attached hydrogens (primary N) is 2. The molecule has 1 aromatic rings.